The number of ether oxygens (including phenoxy) is 1. The molecule has 0 atom stereocenters. The van der Waals surface area contributed by atoms with Gasteiger partial charge in [0, 0.05) is 30.9 Å². The number of aromatic amines is 1. The number of benzene rings is 1. The number of methoxy groups -OCH3 is 1. The second kappa shape index (κ2) is 7.88. The lowest BCUT2D eigenvalue weighted by Crippen LogP contribution is -2.38. The zero-order valence-electron chi connectivity index (χ0n) is 16.3. The summed E-state index contributed by atoms with van der Waals surface area (Å²) in [5, 5.41) is 11.7. The van der Waals surface area contributed by atoms with E-state index in [1.54, 1.807) is 24.2 Å². The van der Waals surface area contributed by atoms with Crippen LogP contribution in [-0.4, -0.2) is 51.0 Å². The molecular weight excluding hydrogens is 354 g/mol. The number of rotatable bonds is 5. The molecule has 0 bridgehead atoms. The molecule has 0 radical (unpaired) electrons. The monoisotopic (exact) mass is 379 g/mol. The highest BCUT2D eigenvalue weighted by Crippen LogP contribution is 2.30. The van der Waals surface area contributed by atoms with Gasteiger partial charge in [0.25, 0.3) is 5.91 Å². The summed E-state index contributed by atoms with van der Waals surface area (Å²) in [7, 11) is 1.63. The van der Waals surface area contributed by atoms with Gasteiger partial charge in [0.2, 0.25) is 0 Å². The molecule has 2 aromatic heterocycles. The first-order valence-corrected chi connectivity index (χ1v) is 9.70. The van der Waals surface area contributed by atoms with E-state index in [0.29, 0.717) is 11.5 Å². The first-order valence-electron chi connectivity index (χ1n) is 9.70. The fourth-order valence-electron chi connectivity index (χ4n) is 3.89. The normalized spacial score (nSPS) is 15.0. The second-order valence-electron chi connectivity index (χ2n) is 7.07. The number of para-hydroxylation sites is 2. The number of carbonyl (C=O) groups excluding carboxylic acids is 1. The van der Waals surface area contributed by atoms with Gasteiger partial charge in [-0.2, -0.15) is 10.2 Å². The molecule has 0 spiro atoms. The molecule has 28 heavy (non-hydrogen) atoms. The third-order valence-corrected chi connectivity index (χ3v) is 5.48. The number of aromatic nitrogens is 4. The summed E-state index contributed by atoms with van der Waals surface area (Å²) in [6.45, 7) is 3.63. The Morgan fingerprint density at radius 2 is 2.04 bits per heavy atom. The number of amides is 1. The molecule has 7 heteroatoms. The summed E-state index contributed by atoms with van der Waals surface area (Å²) in [6, 6.07) is 7.63. The first kappa shape index (κ1) is 18.3. The smallest absolute Gasteiger partial charge is 0.257 e. The van der Waals surface area contributed by atoms with Crippen LogP contribution in [0.3, 0.4) is 0 Å². The van der Waals surface area contributed by atoms with E-state index in [1.165, 1.54) is 11.3 Å². The molecule has 0 aliphatic carbocycles. The van der Waals surface area contributed by atoms with E-state index in [4.69, 9.17) is 4.74 Å². The van der Waals surface area contributed by atoms with E-state index in [2.05, 4.69) is 22.2 Å². The number of likely N-dealkylation sites (tertiary alicyclic amines) is 1. The molecular formula is C21H25N5O2. The Labute approximate surface area is 164 Å². The van der Waals surface area contributed by atoms with Gasteiger partial charge in [-0.05, 0) is 37.0 Å². The van der Waals surface area contributed by atoms with Crippen molar-refractivity contribution in [2.45, 2.75) is 32.1 Å². The number of carbonyl (C=O) groups is 1. The lowest BCUT2D eigenvalue weighted by atomic mass is 9.90. The van der Waals surface area contributed by atoms with Crippen LogP contribution in [0.15, 0.2) is 42.9 Å². The number of H-pyrrole nitrogens is 1. The van der Waals surface area contributed by atoms with Crippen molar-refractivity contribution in [2.24, 2.45) is 0 Å². The summed E-state index contributed by atoms with van der Waals surface area (Å²) >= 11 is 0. The van der Waals surface area contributed by atoms with Gasteiger partial charge in [-0.15, -0.1) is 0 Å². The van der Waals surface area contributed by atoms with Crippen molar-refractivity contribution in [2.75, 3.05) is 20.2 Å². The van der Waals surface area contributed by atoms with Crippen LogP contribution in [0, 0.1) is 0 Å². The summed E-state index contributed by atoms with van der Waals surface area (Å²) in [5.41, 5.74) is 3.93. The molecule has 0 unspecified atom stereocenters. The van der Waals surface area contributed by atoms with E-state index >= 15 is 0 Å². The average Bonchev–Trinajstić information content (AvgIpc) is 3.43. The van der Waals surface area contributed by atoms with Crippen molar-refractivity contribution >= 4 is 5.91 Å². The highest BCUT2D eigenvalue weighted by atomic mass is 16.5. The van der Waals surface area contributed by atoms with Crippen molar-refractivity contribution in [3.63, 3.8) is 0 Å². The van der Waals surface area contributed by atoms with Gasteiger partial charge in [0.15, 0.2) is 0 Å². The van der Waals surface area contributed by atoms with Crippen LogP contribution < -0.4 is 4.74 Å². The number of hydrogen-bond donors (Lipinski definition) is 1. The first-order chi connectivity index (χ1) is 13.7. The van der Waals surface area contributed by atoms with E-state index in [1.807, 2.05) is 35.4 Å². The molecule has 1 saturated heterocycles. The Balaban J connectivity index is 1.44. The zero-order valence-corrected chi connectivity index (χ0v) is 16.3. The molecule has 1 aromatic carbocycles. The highest BCUT2D eigenvalue weighted by molar-refractivity contribution is 5.94. The minimum Gasteiger partial charge on any atom is -0.494 e. The largest absolute Gasteiger partial charge is 0.494 e. The van der Waals surface area contributed by atoms with E-state index < -0.39 is 0 Å². The van der Waals surface area contributed by atoms with Gasteiger partial charge >= 0.3 is 0 Å². The van der Waals surface area contributed by atoms with Crippen molar-refractivity contribution in [1.29, 1.82) is 0 Å². The molecule has 3 heterocycles. The van der Waals surface area contributed by atoms with Gasteiger partial charge in [-0.25, -0.2) is 4.68 Å². The summed E-state index contributed by atoms with van der Waals surface area (Å²) in [5.74, 6) is 1.19. The Bertz CT molecular complexity index is 953. The van der Waals surface area contributed by atoms with Crippen LogP contribution in [0.5, 0.6) is 5.75 Å². The molecule has 1 aliphatic rings. The Morgan fingerprint density at radius 3 is 2.79 bits per heavy atom. The number of aryl methyl sites for hydroxylation is 1. The van der Waals surface area contributed by atoms with E-state index in [-0.39, 0.29) is 5.91 Å². The molecule has 1 fully saturated rings. The van der Waals surface area contributed by atoms with Crippen LogP contribution >= 0.6 is 0 Å². The standard InChI is InChI=1S/C21H25N5O2/c1-3-15-12-22-24-20(15)16-8-10-25(11-9-16)21(27)17-13-23-26(14-17)18-6-4-5-7-19(18)28-2/h4-7,12-14,16H,3,8-11H2,1-2H3,(H,22,24). The fraction of sp³-hybridized carbons (Fsp3) is 0.381. The molecule has 146 valence electrons. The number of hydrogen-bond acceptors (Lipinski definition) is 4. The van der Waals surface area contributed by atoms with Crippen LogP contribution in [-0.2, 0) is 6.42 Å². The Hall–Kier alpha value is -3.09. The number of nitrogens with zero attached hydrogens (tertiary/aromatic N) is 4. The van der Waals surface area contributed by atoms with Gasteiger partial charge in [0.05, 0.1) is 25.1 Å². The van der Waals surface area contributed by atoms with Crippen molar-refractivity contribution in [3.8, 4) is 11.4 Å². The summed E-state index contributed by atoms with van der Waals surface area (Å²) < 4.78 is 7.08. The maximum absolute atomic E-state index is 12.9. The third-order valence-electron chi connectivity index (χ3n) is 5.48. The molecule has 1 aliphatic heterocycles. The van der Waals surface area contributed by atoms with Gasteiger partial charge in [-0.3, -0.25) is 9.89 Å². The lowest BCUT2D eigenvalue weighted by molar-refractivity contribution is 0.0712. The van der Waals surface area contributed by atoms with Gasteiger partial charge in [0.1, 0.15) is 11.4 Å². The third kappa shape index (κ3) is 3.40. The summed E-state index contributed by atoms with van der Waals surface area (Å²) in [6.07, 6.45) is 8.19. The molecule has 4 rings (SSSR count). The summed E-state index contributed by atoms with van der Waals surface area (Å²) in [4.78, 5) is 14.9. The van der Waals surface area contributed by atoms with Crippen LogP contribution in [0.25, 0.3) is 5.69 Å². The second-order valence-corrected chi connectivity index (χ2v) is 7.07. The fourth-order valence-corrected chi connectivity index (χ4v) is 3.89. The van der Waals surface area contributed by atoms with Crippen molar-refractivity contribution in [1.82, 2.24) is 24.9 Å². The Morgan fingerprint density at radius 1 is 1.25 bits per heavy atom. The SMILES string of the molecule is CCc1cn[nH]c1C1CCN(C(=O)c2cnn(-c3ccccc3OC)c2)CC1. The van der Waals surface area contributed by atoms with Crippen molar-refractivity contribution < 1.29 is 9.53 Å². The molecule has 7 nitrogen and oxygen atoms in total. The minimum atomic E-state index is 0.0277. The lowest BCUT2D eigenvalue weighted by Gasteiger charge is -2.31. The molecule has 1 N–H and O–H groups in total. The van der Waals surface area contributed by atoms with Crippen LogP contribution in [0.1, 0.15) is 47.3 Å². The van der Waals surface area contributed by atoms with Crippen LogP contribution in [0.4, 0.5) is 0 Å². The molecule has 0 saturated carbocycles. The van der Waals surface area contributed by atoms with E-state index in [9.17, 15) is 4.79 Å². The zero-order chi connectivity index (χ0) is 19.5. The number of piperidine rings is 1. The topological polar surface area (TPSA) is 76.0 Å². The van der Waals surface area contributed by atoms with Crippen molar-refractivity contribution in [3.05, 3.63) is 59.7 Å². The Kier molecular flexibility index (Phi) is 5.14. The quantitative estimate of drug-likeness (QED) is 0.739. The minimum absolute atomic E-state index is 0.0277. The van der Waals surface area contributed by atoms with Gasteiger partial charge < -0.3 is 9.64 Å². The van der Waals surface area contributed by atoms with Crippen LogP contribution in [0.2, 0.25) is 0 Å². The predicted octanol–water partition coefficient (Wildman–Crippen LogP) is 3.19. The van der Waals surface area contributed by atoms with Gasteiger partial charge in [-0.1, -0.05) is 19.1 Å². The van der Waals surface area contributed by atoms with E-state index in [0.717, 1.165) is 43.8 Å². The predicted molar refractivity (Wildman–Crippen MR) is 106 cm³/mol. The highest BCUT2D eigenvalue weighted by Gasteiger charge is 2.27. The average molecular weight is 379 g/mol. The number of nitrogens with one attached hydrogen (secondary N) is 1. The maximum Gasteiger partial charge on any atom is 0.257 e. The maximum atomic E-state index is 12.9. The molecule has 3 aromatic rings. The molecule has 1 amide bonds.